The second kappa shape index (κ2) is 5.48. The third-order valence-corrected chi connectivity index (χ3v) is 3.85. The number of hydrogen-bond acceptors (Lipinski definition) is 3. The van der Waals surface area contributed by atoms with Crippen LogP contribution in [0.4, 0.5) is 5.69 Å². The zero-order valence-corrected chi connectivity index (χ0v) is 13.9. The first kappa shape index (κ1) is 15.7. The van der Waals surface area contributed by atoms with Crippen molar-refractivity contribution in [2.24, 2.45) is 0 Å². The van der Waals surface area contributed by atoms with Gasteiger partial charge in [-0.15, -0.1) is 0 Å². The van der Waals surface area contributed by atoms with Crippen LogP contribution in [0.3, 0.4) is 0 Å². The van der Waals surface area contributed by atoms with Crippen molar-refractivity contribution in [1.82, 2.24) is 0 Å². The molecule has 0 spiro atoms. The molecule has 0 fully saturated rings. The molecule has 0 aromatic heterocycles. The molecule has 0 saturated heterocycles. The van der Waals surface area contributed by atoms with Gasteiger partial charge in [0.2, 0.25) is 5.60 Å². The number of nitrogens with zero attached hydrogens (tertiary/aromatic N) is 1. The zero-order chi connectivity index (χ0) is 16.7. The summed E-state index contributed by atoms with van der Waals surface area (Å²) in [5.74, 6) is -0.158. The van der Waals surface area contributed by atoms with E-state index >= 15 is 0 Å². The number of hydrogen-bond donors (Lipinski definition) is 0. The van der Waals surface area contributed by atoms with Gasteiger partial charge in [-0.25, -0.2) is 9.78 Å². The second-order valence-corrected chi connectivity index (χ2v) is 6.71. The van der Waals surface area contributed by atoms with Crippen LogP contribution in [0.5, 0.6) is 0 Å². The van der Waals surface area contributed by atoms with Crippen LogP contribution in [0, 0.1) is 0 Å². The van der Waals surface area contributed by atoms with Crippen LogP contribution in [0.2, 0.25) is 0 Å². The van der Waals surface area contributed by atoms with Crippen LogP contribution in [0.15, 0.2) is 54.6 Å². The molecule has 0 radical (unpaired) electrons. The molecule has 1 amide bonds. The van der Waals surface area contributed by atoms with Gasteiger partial charge in [0.25, 0.3) is 5.91 Å². The van der Waals surface area contributed by atoms with E-state index in [4.69, 9.17) is 9.78 Å². The number of rotatable bonds is 3. The van der Waals surface area contributed by atoms with E-state index in [1.165, 1.54) is 0 Å². The van der Waals surface area contributed by atoms with Crippen LogP contribution in [-0.2, 0) is 20.2 Å². The minimum Gasteiger partial charge on any atom is -0.312 e. The average Bonchev–Trinajstić information content (AvgIpc) is 2.76. The summed E-state index contributed by atoms with van der Waals surface area (Å²) < 4.78 is 0. The maximum atomic E-state index is 13.1. The zero-order valence-electron chi connectivity index (χ0n) is 13.9. The summed E-state index contributed by atoms with van der Waals surface area (Å²) in [5.41, 5.74) is 0.575. The molecule has 1 heterocycles. The Kier molecular flexibility index (Phi) is 3.74. The fraction of sp³-hybridized carbons (Fsp3) is 0.316. The van der Waals surface area contributed by atoms with E-state index in [1.807, 2.05) is 75.4 Å². The number of para-hydroxylation sites is 1. The molecule has 120 valence electrons. The molecule has 1 unspecified atom stereocenters. The molecule has 0 aliphatic carbocycles. The largest absolute Gasteiger partial charge is 0.312 e. The van der Waals surface area contributed by atoms with Crippen LogP contribution in [0.25, 0.3) is 0 Å². The summed E-state index contributed by atoms with van der Waals surface area (Å²) in [6.45, 7) is 5.67. The van der Waals surface area contributed by atoms with Crippen molar-refractivity contribution in [2.75, 3.05) is 11.9 Å². The van der Waals surface area contributed by atoms with Gasteiger partial charge in [-0.1, -0.05) is 48.5 Å². The van der Waals surface area contributed by atoms with Crippen LogP contribution < -0.4 is 4.90 Å². The maximum Gasteiger partial charge on any atom is 0.271 e. The van der Waals surface area contributed by atoms with E-state index in [9.17, 15) is 4.79 Å². The molecule has 0 N–H and O–H groups in total. The quantitative estimate of drug-likeness (QED) is 0.641. The molecule has 4 heteroatoms. The summed E-state index contributed by atoms with van der Waals surface area (Å²) in [6.07, 6.45) is 0. The van der Waals surface area contributed by atoms with Crippen molar-refractivity contribution >= 4 is 11.6 Å². The minimum atomic E-state index is -1.28. The molecule has 0 bridgehead atoms. The van der Waals surface area contributed by atoms with Gasteiger partial charge in [-0.3, -0.25) is 4.79 Å². The maximum absolute atomic E-state index is 13.1. The number of carbonyl (C=O) groups is 1. The molecular formula is C19H21NO3. The second-order valence-electron chi connectivity index (χ2n) is 6.71. The van der Waals surface area contributed by atoms with Crippen molar-refractivity contribution in [2.45, 2.75) is 32.0 Å². The molecule has 23 heavy (non-hydrogen) atoms. The lowest BCUT2D eigenvalue weighted by Crippen LogP contribution is -2.43. The van der Waals surface area contributed by atoms with Crippen molar-refractivity contribution in [1.29, 1.82) is 0 Å². The molecule has 2 aromatic carbocycles. The smallest absolute Gasteiger partial charge is 0.271 e. The highest BCUT2D eigenvalue weighted by molar-refractivity contribution is 6.08. The number of fused-ring (bicyclic) bond motifs is 1. The Bertz CT molecular complexity index is 721. The Morgan fingerprint density at radius 3 is 2.22 bits per heavy atom. The summed E-state index contributed by atoms with van der Waals surface area (Å²) in [4.78, 5) is 26.2. The lowest BCUT2D eigenvalue weighted by molar-refractivity contribution is -0.388. The Hall–Kier alpha value is -2.17. The summed E-state index contributed by atoms with van der Waals surface area (Å²) >= 11 is 0. The van der Waals surface area contributed by atoms with Crippen molar-refractivity contribution in [3.8, 4) is 0 Å². The predicted octanol–water partition coefficient (Wildman–Crippen LogP) is 3.65. The van der Waals surface area contributed by atoms with E-state index < -0.39 is 11.2 Å². The van der Waals surface area contributed by atoms with Gasteiger partial charge in [0, 0.05) is 18.2 Å². The van der Waals surface area contributed by atoms with Crippen molar-refractivity contribution in [3.05, 3.63) is 65.7 Å². The summed E-state index contributed by atoms with van der Waals surface area (Å²) in [6, 6.07) is 17.1. The SMILES string of the molecule is CN1C(=O)C(OOC(C)(C)C)(c2ccccc2)c2ccccc21. The van der Waals surface area contributed by atoms with Crippen molar-refractivity contribution < 1.29 is 14.6 Å². The first-order chi connectivity index (χ1) is 10.9. The highest BCUT2D eigenvalue weighted by atomic mass is 17.2. The third kappa shape index (κ3) is 2.54. The third-order valence-electron chi connectivity index (χ3n) is 3.85. The topological polar surface area (TPSA) is 38.8 Å². The highest BCUT2D eigenvalue weighted by Crippen LogP contribution is 2.46. The normalized spacial score (nSPS) is 20.7. The molecule has 1 aliphatic rings. The van der Waals surface area contributed by atoms with E-state index in [0.29, 0.717) is 0 Å². The van der Waals surface area contributed by atoms with E-state index in [1.54, 1.807) is 11.9 Å². The average molecular weight is 311 g/mol. The fourth-order valence-corrected chi connectivity index (χ4v) is 2.79. The van der Waals surface area contributed by atoms with Crippen LogP contribution >= 0.6 is 0 Å². The van der Waals surface area contributed by atoms with Gasteiger partial charge in [0.15, 0.2) is 0 Å². The van der Waals surface area contributed by atoms with E-state index in [2.05, 4.69) is 0 Å². The molecule has 3 rings (SSSR count). The Morgan fingerprint density at radius 2 is 1.57 bits per heavy atom. The monoisotopic (exact) mass is 311 g/mol. The molecule has 4 nitrogen and oxygen atoms in total. The molecule has 1 atom stereocenters. The van der Waals surface area contributed by atoms with Gasteiger partial charge in [-0.05, 0) is 26.8 Å². The first-order valence-electron chi connectivity index (χ1n) is 7.66. The summed E-state index contributed by atoms with van der Waals surface area (Å²) in [5, 5.41) is 0. The standard InChI is InChI=1S/C19H21NO3/c1-18(2,3)22-23-19(14-10-6-5-7-11-14)15-12-8-9-13-16(15)20(4)17(19)21/h5-13H,1-4H3. The van der Waals surface area contributed by atoms with Gasteiger partial charge in [0.1, 0.15) is 0 Å². The lowest BCUT2D eigenvalue weighted by atomic mass is 9.87. The van der Waals surface area contributed by atoms with Crippen molar-refractivity contribution in [3.63, 3.8) is 0 Å². The van der Waals surface area contributed by atoms with Crippen LogP contribution in [0.1, 0.15) is 31.9 Å². The first-order valence-corrected chi connectivity index (χ1v) is 7.66. The Labute approximate surface area is 136 Å². The van der Waals surface area contributed by atoms with Gasteiger partial charge in [0.05, 0.1) is 11.3 Å². The number of amides is 1. The van der Waals surface area contributed by atoms with Gasteiger partial charge >= 0.3 is 0 Å². The van der Waals surface area contributed by atoms with Gasteiger partial charge in [-0.2, -0.15) is 0 Å². The lowest BCUT2D eigenvalue weighted by Gasteiger charge is -2.31. The molecule has 2 aromatic rings. The minimum absolute atomic E-state index is 0.158. The molecule has 0 saturated carbocycles. The summed E-state index contributed by atoms with van der Waals surface area (Å²) in [7, 11) is 1.76. The number of carbonyl (C=O) groups excluding carboxylic acids is 1. The number of likely N-dealkylation sites (N-methyl/N-ethyl adjacent to an activating group) is 1. The highest BCUT2D eigenvalue weighted by Gasteiger charge is 2.54. The predicted molar refractivity (Wildman–Crippen MR) is 89.0 cm³/mol. The fourth-order valence-electron chi connectivity index (χ4n) is 2.79. The number of anilines is 1. The Morgan fingerprint density at radius 1 is 0.957 bits per heavy atom. The Balaban J connectivity index is 2.19. The van der Waals surface area contributed by atoms with Crippen LogP contribution in [-0.4, -0.2) is 18.6 Å². The van der Waals surface area contributed by atoms with E-state index in [-0.39, 0.29) is 5.91 Å². The molecule has 1 aliphatic heterocycles. The molecular weight excluding hydrogens is 290 g/mol. The van der Waals surface area contributed by atoms with E-state index in [0.717, 1.165) is 16.8 Å². The van der Waals surface area contributed by atoms with Gasteiger partial charge < -0.3 is 4.90 Å². The number of benzene rings is 2.